The first-order valence-electron chi connectivity index (χ1n) is 6.67. The second-order valence-corrected chi connectivity index (χ2v) is 5.06. The van der Waals surface area contributed by atoms with Gasteiger partial charge in [-0.3, -0.25) is 4.98 Å². The molecule has 1 aromatic heterocycles. The van der Waals surface area contributed by atoms with Crippen LogP contribution in [0.2, 0.25) is 0 Å². The number of halogens is 3. The lowest BCUT2D eigenvalue weighted by Gasteiger charge is -2.14. The minimum absolute atomic E-state index is 0.00162. The normalized spacial score (nSPS) is 11.3. The van der Waals surface area contributed by atoms with Crippen molar-refractivity contribution in [1.82, 2.24) is 4.98 Å². The number of fused-ring (bicyclic) bond motifs is 1. The predicted octanol–water partition coefficient (Wildman–Crippen LogP) is 4.60. The van der Waals surface area contributed by atoms with Gasteiger partial charge < -0.3 is 5.32 Å². The fourth-order valence-corrected chi connectivity index (χ4v) is 2.01. The van der Waals surface area contributed by atoms with Crippen LogP contribution >= 0.6 is 0 Å². The Morgan fingerprint density at radius 2 is 1.85 bits per heavy atom. The van der Waals surface area contributed by atoms with Crippen LogP contribution in [0.3, 0.4) is 0 Å². The van der Waals surface area contributed by atoms with Gasteiger partial charge in [-0.05, 0) is 18.4 Å². The van der Waals surface area contributed by atoms with Gasteiger partial charge in [-0.25, -0.2) is 13.2 Å². The highest BCUT2D eigenvalue weighted by molar-refractivity contribution is 5.92. The van der Waals surface area contributed by atoms with Gasteiger partial charge in [0.25, 0.3) is 0 Å². The van der Waals surface area contributed by atoms with Crippen LogP contribution in [0.15, 0.2) is 12.1 Å². The molecule has 0 fully saturated rings. The van der Waals surface area contributed by atoms with Crippen molar-refractivity contribution in [2.24, 2.45) is 0 Å². The Morgan fingerprint density at radius 3 is 2.45 bits per heavy atom. The molecule has 0 saturated heterocycles. The van der Waals surface area contributed by atoms with Crippen molar-refractivity contribution in [2.45, 2.75) is 33.1 Å². The van der Waals surface area contributed by atoms with Gasteiger partial charge in [-0.1, -0.05) is 20.8 Å². The summed E-state index contributed by atoms with van der Waals surface area (Å²) in [6.07, 6.45) is 0.839. The molecule has 2 rings (SSSR count). The molecular weight excluding hydrogens is 265 g/mol. The van der Waals surface area contributed by atoms with E-state index in [2.05, 4.69) is 10.3 Å². The Labute approximate surface area is 116 Å². The Kier molecular flexibility index (Phi) is 4.16. The maximum atomic E-state index is 14.0. The summed E-state index contributed by atoms with van der Waals surface area (Å²) in [5, 5.41) is 3.05. The van der Waals surface area contributed by atoms with Crippen molar-refractivity contribution in [1.29, 1.82) is 0 Å². The number of benzene rings is 1. The third-order valence-corrected chi connectivity index (χ3v) is 3.11. The highest BCUT2D eigenvalue weighted by Crippen LogP contribution is 2.31. The summed E-state index contributed by atoms with van der Waals surface area (Å²) in [7, 11) is 0. The number of hydrogen-bond acceptors (Lipinski definition) is 2. The summed E-state index contributed by atoms with van der Waals surface area (Å²) in [5.41, 5.74) is 1.30. The summed E-state index contributed by atoms with van der Waals surface area (Å²) in [5.74, 6) is -3.76. The molecule has 0 spiro atoms. The topological polar surface area (TPSA) is 24.9 Å². The summed E-state index contributed by atoms with van der Waals surface area (Å²) >= 11 is 0. The van der Waals surface area contributed by atoms with Crippen LogP contribution in [-0.4, -0.2) is 11.5 Å². The molecule has 0 amide bonds. The van der Waals surface area contributed by atoms with E-state index >= 15 is 0 Å². The second kappa shape index (κ2) is 5.69. The molecule has 0 atom stereocenters. The lowest BCUT2D eigenvalue weighted by molar-refractivity contribution is 0.453. The van der Waals surface area contributed by atoms with E-state index in [0.717, 1.165) is 12.5 Å². The number of nitrogens with zero attached hydrogens (tertiary/aromatic N) is 1. The van der Waals surface area contributed by atoms with E-state index in [4.69, 9.17) is 0 Å². The van der Waals surface area contributed by atoms with Gasteiger partial charge in [0.15, 0.2) is 17.5 Å². The fraction of sp³-hybridized carbons (Fsp3) is 0.400. The molecule has 0 unspecified atom stereocenters. The number of hydrogen-bond donors (Lipinski definition) is 1. The van der Waals surface area contributed by atoms with Crippen molar-refractivity contribution in [3.05, 3.63) is 35.3 Å². The van der Waals surface area contributed by atoms with Crippen LogP contribution in [0.25, 0.3) is 10.9 Å². The molecule has 0 radical (unpaired) electrons. The minimum atomic E-state index is -1.46. The average molecular weight is 282 g/mol. The first-order valence-corrected chi connectivity index (χ1v) is 6.67. The van der Waals surface area contributed by atoms with Gasteiger partial charge in [0.2, 0.25) is 0 Å². The SMILES string of the molecule is CCCNc1cc(C(C)C)nc2cc(F)c(F)c(F)c12. The van der Waals surface area contributed by atoms with E-state index in [-0.39, 0.29) is 16.8 Å². The number of aromatic nitrogens is 1. The van der Waals surface area contributed by atoms with E-state index in [1.54, 1.807) is 6.07 Å². The Bertz CT molecular complexity index is 639. The van der Waals surface area contributed by atoms with Gasteiger partial charge in [-0.2, -0.15) is 0 Å². The van der Waals surface area contributed by atoms with Crippen molar-refractivity contribution < 1.29 is 13.2 Å². The van der Waals surface area contributed by atoms with Gasteiger partial charge in [-0.15, -0.1) is 0 Å². The lowest BCUT2D eigenvalue weighted by atomic mass is 10.1. The number of anilines is 1. The summed E-state index contributed by atoms with van der Waals surface area (Å²) in [6.45, 7) is 6.47. The molecule has 1 heterocycles. The zero-order valence-electron chi connectivity index (χ0n) is 11.7. The van der Waals surface area contributed by atoms with Gasteiger partial charge >= 0.3 is 0 Å². The fourth-order valence-electron chi connectivity index (χ4n) is 2.01. The molecule has 0 aliphatic heterocycles. The molecule has 2 nitrogen and oxygen atoms in total. The second-order valence-electron chi connectivity index (χ2n) is 5.06. The number of rotatable bonds is 4. The highest BCUT2D eigenvalue weighted by Gasteiger charge is 2.18. The Balaban J connectivity index is 2.74. The van der Waals surface area contributed by atoms with Crippen LogP contribution in [0.1, 0.15) is 38.8 Å². The van der Waals surface area contributed by atoms with Gasteiger partial charge in [0, 0.05) is 24.0 Å². The summed E-state index contributed by atoms with van der Waals surface area (Å²) < 4.78 is 40.8. The Hall–Kier alpha value is -1.78. The van der Waals surface area contributed by atoms with Crippen LogP contribution in [0.4, 0.5) is 18.9 Å². The molecule has 2 aromatic rings. The molecule has 108 valence electrons. The zero-order valence-corrected chi connectivity index (χ0v) is 11.7. The molecule has 1 aromatic carbocycles. The maximum absolute atomic E-state index is 14.0. The lowest BCUT2D eigenvalue weighted by Crippen LogP contribution is -2.06. The number of nitrogens with one attached hydrogen (secondary N) is 1. The van der Waals surface area contributed by atoms with Crippen molar-refractivity contribution in [3.8, 4) is 0 Å². The van der Waals surface area contributed by atoms with Crippen LogP contribution in [0.5, 0.6) is 0 Å². The van der Waals surface area contributed by atoms with E-state index in [9.17, 15) is 13.2 Å². The molecule has 5 heteroatoms. The molecule has 1 N–H and O–H groups in total. The average Bonchev–Trinajstić information content (AvgIpc) is 2.41. The highest BCUT2D eigenvalue weighted by atomic mass is 19.2. The minimum Gasteiger partial charge on any atom is -0.384 e. The monoisotopic (exact) mass is 282 g/mol. The zero-order chi connectivity index (χ0) is 14.9. The van der Waals surface area contributed by atoms with Crippen molar-refractivity contribution in [3.63, 3.8) is 0 Å². The first kappa shape index (κ1) is 14.6. The molecule has 0 aliphatic carbocycles. The van der Waals surface area contributed by atoms with Gasteiger partial charge in [0.1, 0.15) is 0 Å². The van der Waals surface area contributed by atoms with Gasteiger partial charge in [0.05, 0.1) is 10.9 Å². The van der Waals surface area contributed by atoms with E-state index < -0.39 is 17.5 Å². The largest absolute Gasteiger partial charge is 0.384 e. The van der Waals surface area contributed by atoms with Crippen LogP contribution < -0.4 is 5.32 Å². The number of pyridine rings is 1. The molecular formula is C15H17F3N2. The van der Waals surface area contributed by atoms with E-state index in [1.165, 1.54) is 0 Å². The van der Waals surface area contributed by atoms with E-state index in [1.807, 2.05) is 20.8 Å². The van der Waals surface area contributed by atoms with E-state index in [0.29, 0.717) is 17.9 Å². The van der Waals surface area contributed by atoms with Crippen LogP contribution in [0, 0.1) is 17.5 Å². The Morgan fingerprint density at radius 1 is 1.15 bits per heavy atom. The van der Waals surface area contributed by atoms with Crippen molar-refractivity contribution in [2.75, 3.05) is 11.9 Å². The predicted molar refractivity (Wildman–Crippen MR) is 74.5 cm³/mol. The smallest absolute Gasteiger partial charge is 0.195 e. The molecule has 20 heavy (non-hydrogen) atoms. The third kappa shape index (κ3) is 2.57. The standard InChI is InChI=1S/C15H17F3N2/c1-4-5-19-11-7-10(8(2)3)20-12-6-9(16)14(17)15(18)13(11)12/h6-8H,4-5H2,1-3H3,(H,19,20). The molecule has 0 bridgehead atoms. The summed E-state index contributed by atoms with van der Waals surface area (Å²) in [4.78, 5) is 4.22. The van der Waals surface area contributed by atoms with Crippen LogP contribution in [-0.2, 0) is 0 Å². The maximum Gasteiger partial charge on any atom is 0.195 e. The molecule has 0 saturated carbocycles. The third-order valence-electron chi connectivity index (χ3n) is 3.11. The first-order chi connectivity index (χ1) is 9.45. The summed E-state index contributed by atoms with van der Waals surface area (Å²) in [6, 6.07) is 2.64. The molecule has 0 aliphatic rings. The quantitative estimate of drug-likeness (QED) is 0.829. The van der Waals surface area contributed by atoms with Crippen molar-refractivity contribution >= 4 is 16.6 Å².